The van der Waals surface area contributed by atoms with Crippen LogP contribution in [0.15, 0.2) is 58.4 Å². The Labute approximate surface area is 249 Å². The number of carbonyl (C=O) groups is 2. The number of amides is 2. The van der Waals surface area contributed by atoms with E-state index in [1.807, 2.05) is 47.4 Å². The largest absolute Gasteiger partial charge is 0.493 e. The van der Waals surface area contributed by atoms with Gasteiger partial charge in [0.1, 0.15) is 6.54 Å². The van der Waals surface area contributed by atoms with Crippen molar-refractivity contribution in [3.8, 4) is 11.5 Å². The van der Waals surface area contributed by atoms with Gasteiger partial charge in [0.15, 0.2) is 11.5 Å². The molecule has 2 aromatic carbocycles. The second-order valence-corrected chi connectivity index (χ2v) is 12.0. The molecule has 1 saturated heterocycles. The number of ether oxygens (including phenoxy) is 2. The number of thiophene rings is 1. The van der Waals surface area contributed by atoms with Crippen LogP contribution in [0, 0.1) is 6.92 Å². The summed E-state index contributed by atoms with van der Waals surface area (Å²) in [5.41, 5.74) is 2.81. The van der Waals surface area contributed by atoms with Crippen LogP contribution >= 0.6 is 27.3 Å². The predicted molar refractivity (Wildman–Crippen MR) is 163 cm³/mol. The first kappa shape index (κ1) is 30.1. The minimum Gasteiger partial charge on any atom is -0.493 e. The van der Waals surface area contributed by atoms with Crippen LogP contribution in [0.1, 0.15) is 39.2 Å². The minimum atomic E-state index is -0.118. The topological polar surface area (TPSA) is 62.3 Å². The summed E-state index contributed by atoms with van der Waals surface area (Å²) in [6.07, 6.45) is 3.03. The lowest BCUT2D eigenvalue weighted by molar-refractivity contribution is -0.132. The van der Waals surface area contributed by atoms with Crippen molar-refractivity contribution < 1.29 is 19.1 Å². The second-order valence-electron chi connectivity index (χ2n) is 10.1. The number of hydrogen-bond donors (Lipinski definition) is 0. The van der Waals surface area contributed by atoms with Crippen molar-refractivity contribution in [3.63, 3.8) is 0 Å². The number of carbonyl (C=O) groups excluding carboxylic acids is 2. The van der Waals surface area contributed by atoms with Crippen molar-refractivity contribution in [1.29, 1.82) is 0 Å². The first-order valence-electron chi connectivity index (χ1n) is 13.7. The number of benzene rings is 2. The molecule has 3 aromatic rings. The van der Waals surface area contributed by atoms with Crippen molar-refractivity contribution >= 4 is 39.1 Å². The molecule has 0 aliphatic carbocycles. The molecule has 0 N–H and O–H groups in total. The lowest BCUT2D eigenvalue weighted by Gasteiger charge is -2.29. The maximum atomic E-state index is 13.9. The third kappa shape index (κ3) is 8.08. The minimum absolute atomic E-state index is 0.0408. The van der Waals surface area contributed by atoms with Crippen molar-refractivity contribution in [1.82, 2.24) is 14.7 Å². The zero-order chi connectivity index (χ0) is 28.5. The van der Waals surface area contributed by atoms with Gasteiger partial charge in [0, 0.05) is 34.5 Å². The van der Waals surface area contributed by atoms with Gasteiger partial charge in [-0.25, -0.2) is 0 Å². The molecular weight excluding hydrogens is 590 g/mol. The lowest BCUT2D eigenvalue weighted by atomic mass is 10.1. The van der Waals surface area contributed by atoms with E-state index in [0.717, 1.165) is 34.5 Å². The fourth-order valence-electron chi connectivity index (χ4n) is 4.89. The van der Waals surface area contributed by atoms with Crippen molar-refractivity contribution in [2.45, 2.75) is 32.7 Å². The second kappa shape index (κ2) is 14.7. The predicted octanol–water partition coefficient (Wildman–Crippen LogP) is 5.65. The Morgan fingerprint density at radius 3 is 2.33 bits per heavy atom. The molecule has 0 unspecified atom stereocenters. The molecule has 1 fully saturated rings. The van der Waals surface area contributed by atoms with E-state index in [1.54, 1.807) is 30.5 Å². The van der Waals surface area contributed by atoms with Crippen LogP contribution in [0.2, 0.25) is 0 Å². The van der Waals surface area contributed by atoms with E-state index < -0.39 is 0 Å². The Balaban J connectivity index is 1.52. The summed E-state index contributed by atoms with van der Waals surface area (Å²) in [6, 6.07) is 15.3. The number of aryl methyl sites for hydroxylation is 1. The highest BCUT2D eigenvalue weighted by atomic mass is 79.9. The van der Waals surface area contributed by atoms with E-state index >= 15 is 0 Å². The van der Waals surface area contributed by atoms with Gasteiger partial charge in [-0.2, -0.15) is 0 Å². The van der Waals surface area contributed by atoms with Crippen LogP contribution < -0.4 is 9.47 Å². The Morgan fingerprint density at radius 2 is 1.68 bits per heavy atom. The zero-order valence-corrected chi connectivity index (χ0v) is 25.9. The monoisotopic (exact) mass is 627 g/mol. The number of methoxy groups -OCH3 is 2. The van der Waals surface area contributed by atoms with Gasteiger partial charge in [0.2, 0.25) is 5.91 Å². The molecule has 0 saturated carbocycles. The van der Waals surface area contributed by atoms with E-state index in [9.17, 15) is 9.59 Å². The van der Waals surface area contributed by atoms with Gasteiger partial charge in [-0.05, 0) is 98.2 Å². The summed E-state index contributed by atoms with van der Waals surface area (Å²) in [7, 11) is 3.24. The van der Waals surface area contributed by atoms with Crippen LogP contribution in [0.4, 0.5) is 0 Å². The maximum absolute atomic E-state index is 13.9. The van der Waals surface area contributed by atoms with Crippen LogP contribution in [0.5, 0.6) is 11.5 Å². The number of hydrogen-bond acceptors (Lipinski definition) is 6. The SMILES string of the molecule is COc1ccc(CCN(Cc2sccc2C)C(=O)CN(CCN2CCCC2)C(=O)c2ccc(Br)cc2)cc1OC. The third-order valence-electron chi connectivity index (χ3n) is 7.36. The Kier molecular flexibility index (Phi) is 11.0. The summed E-state index contributed by atoms with van der Waals surface area (Å²) in [4.78, 5) is 34.6. The molecule has 1 aliphatic heterocycles. The highest BCUT2D eigenvalue weighted by Gasteiger charge is 2.24. The molecule has 1 aliphatic rings. The normalized spacial score (nSPS) is 13.3. The standard InChI is InChI=1S/C31H38BrN3O4S/c1-23-13-19-40-29(23)21-34(16-12-24-6-11-27(38-2)28(20-24)39-3)30(36)22-35(18-17-33-14-4-5-15-33)31(37)25-7-9-26(32)10-8-25/h6-11,13,19-20H,4-5,12,14-18,21-22H2,1-3H3. The number of nitrogens with zero attached hydrogens (tertiary/aromatic N) is 3. The summed E-state index contributed by atoms with van der Waals surface area (Å²) in [5, 5.41) is 2.06. The average Bonchev–Trinajstić information content (AvgIpc) is 3.64. The van der Waals surface area contributed by atoms with E-state index in [2.05, 4.69) is 39.2 Å². The molecule has 0 radical (unpaired) electrons. The summed E-state index contributed by atoms with van der Waals surface area (Å²) < 4.78 is 11.8. The van der Waals surface area contributed by atoms with Gasteiger partial charge in [0.05, 0.1) is 20.8 Å². The Bertz CT molecular complexity index is 1270. The number of halogens is 1. The zero-order valence-electron chi connectivity index (χ0n) is 23.5. The fraction of sp³-hybridized carbons (Fsp3) is 0.419. The van der Waals surface area contributed by atoms with Gasteiger partial charge in [-0.15, -0.1) is 11.3 Å². The van der Waals surface area contributed by atoms with Gasteiger partial charge >= 0.3 is 0 Å². The summed E-state index contributed by atoms with van der Waals surface area (Å²) >= 11 is 5.10. The Morgan fingerprint density at radius 1 is 0.950 bits per heavy atom. The van der Waals surface area contributed by atoms with Crippen LogP contribution in [0.25, 0.3) is 0 Å². The molecule has 7 nitrogen and oxygen atoms in total. The molecular formula is C31H38BrN3O4S. The molecule has 1 aromatic heterocycles. The van der Waals surface area contributed by atoms with Crippen molar-refractivity contribution in [2.24, 2.45) is 0 Å². The van der Waals surface area contributed by atoms with Crippen molar-refractivity contribution in [3.05, 3.63) is 80.0 Å². The lowest BCUT2D eigenvalue weighted by Crippen LogP contribution is -2.45. The summed E-state index contributed by atoms with van der Waals surface area (Å²) in [6.45, 7) is 6.53. The fourth-order valence-corrected chi connectivity index (χ4v) is 6.08. The van der Waals surface area contributed by atoms with E-state index in [1.165, 1.54) is 18.4 Å². The van der Waals surface area contributed by atoms with Crippen LogP contribution in [0.3, 0.4) is 0 Å². The van der Waals surface area contributed by atoms with Crippen LogP contribution in [-0.2, 0) is 17.8 Å². The van der Waals surface area contributed by atoms with Gasteiger partial charge in [-0.1, -0.05) is 22.0 Å². The van der Waals surface area contributed by atoms with Crippen molar-refractivity contribution in [2.75, 3.05) is 53.5 Å². The molecule has 40 heavy (non-hydrogen) atoms. The quantitative estimate of drug-likeness (QED) is 0.245. The summed E-state index contributed by atoms with van der Waals surface area (Å²) in [5.74, 6) is 1.17. The van der Waals surface area contributed by atoms with Gasteiger partial charge in [0.25, 0.3) is 5.91 Å². The molecule has 2 heterocycles. The molecule has 9 heteroatoms. The van der Waals surface area contributed by atoms with Gasteiger partial charge in [-0.3, -0.25) is 9.59 Å². The highest BCUT2D eigenvalue weighted by molar-refractivity contribution is 9.10. The first-order valence-corrected chi connectivity index (χ1v) is 15.3. The molecule has 0 atom stereocenters. The average molecular weight is 629 g/mol. The maximum Gasteiger partial charge on any atom is 0.254 e. The first-order chi connectivity index (χ1) is 19.4. The molecule has 2 amide bonds. The van der Waals surface area contributed by atoms with Crippen LogP contribution in [-0.4, -0.2) is 80.0 Å². The highest BCUT2D eigenvalue weighted by Crippen LogP contribution is 2.28. The number of rotatable bonds is 13. The molecule has 214 valence electrons. The number of likely N-dealkylation sites (tertiary alicyclic amines) is 1. The molecule has 0 bridgehead atoms. The smallest absolute Gasteiger partial charge is 0.254 e. The van der Waals surface area contributed by atoms with E-state index in [4.69, 9.17) is 9.47 Å². The molecule has 0 spiro atoms. The van der Waals surface area contributed by atoms with E-state index in [-0.39, 0.29) is 18.4 Å². The Hall–Kier alpha value is -2.88. The molecule has 4 rings (SSSR count). The third-order valence-corrected chi connectivity index (χ3v) is 8.90. The van der Waals surface area contributed by atoms with E-state index in [0.29, 0.717) is 43.1 Å². The van der Waals surface area contributed by atoms with Gasteiger partial charge < -0.3 is 24.2 Å².